The van der Waals surface area contributed by atoms with E-state index >= 15 is 0 Å². The van der Waals surface area contributed by atoms with Gasteiger partial charge >= 0.3 is 0 Å². The van der Waals surface area contributed by atoms with E-state index in [2.05, 4.69) is 10.2 Å². The number of hydrogen-bond donors (Lipinski definition) is 1. The normalized spacial score (nSPS) is 16.3. The number of fused-ring (bicyclic) bond motifs is 1. The largest absolute Gasteiger partial charge is 0.383 e. The Hall–Kier alpha value is -2.79. The van der Waals surface area contributed by atoms with Gasteiger partial charge in [-0.25, -0.2) is 0 Å². The summed E-state index contributed by atoms with van der Waals surface area (Å²) in [7, 11) is 1.65. The van der Waals surface area contributed by atoms with E-state index in [9.17, 15) is 19.2 Å². The fraction of sp³-hybridized carbons (Fsp3) is 0.364. The first-order valence-corrected chi connectivity index (χ1v) is 11.6. The zero-order chi connectivity index (χ0) is 23.5. The Bertz CT molecular complexity index is 1100. The molecule has 1 saturated heterocycles. The van der Waals surface area contributed by atoms with Crippen LogP contribution in [0.2, 0.25) is 4.34 Å². The third-order valence-corrected chi connectivity index (χ3v) is 6.90. The third-order valence-electron chi connectivity index (χ3n) is 5.67. The number of benzene rings is 1. The molecular formula is C22H23ClN4O5S. The summed E-state index contributed by atoms with van der Waals surface area (Å²) in [6, 6.07) is 7.86. The average molecular weight is 491 g/mol. The number of carbonyl (C=O) groups excluding carboxylic acids is 4. The monoisotopic (exact) mass is 490 g/mol. The number of amides is 4. The lowest BCUT2D eigenvalue weighted by Crippen LogP contribution is -2.52. The maximum Gasteiger partial charge on any atom is 0.265 e. The highest BCUT2D eigenvalue weighted by atomic mass is 35.5. The van der Waals surface area contributed by atoms with Gasteiger partial charge in [0.05, 0.1) is 32.6 Å². The number of ether oxygens (including phenoxy) is 1. The minimum atomic E-state index is -0.595. The number of piperazine rings is 1. The van der Waals surface area contributed by atoms with Gasteiger partial charge in [-0.2, -0.15) is 0 Å². The number of carbonyl (C=O) groups is 4. The van der Waals surface area contributed by atoms with E-state index in [0.29, 0.717) is 42.0 Å². The summed E-state index contributed by atoms with van der Waals surface area (Å²) < 4.78 is 5.55. The Morgan fingerprint density at radius 3 is 2.52 bits per heavy atom. The minimum Gasteiger partial charge on any atom is -0.383 e. The first-order valence-electron chi connectivity index (χ1n) is 10.4. The van der Waals surface area contributed by atoms with Crippen LogP contribution in [0.4, 0.5) is 5.69 Å². The van der Waals surface area contributed by atoms with Gasteiger partial charge in [0.1, 0.15) is 6.54 Å². The van der Waals surface area contributed by atoms with Gasteiger partial charge in [-0.1, -0.05) is 17.7 Å². The number of anilines is 1. The molecule has 0 bridgehead atoms. The van der Waals surface area contributed by atoms with E-state index in [1.165, 1.54) is 6.07 Å². The predicted molar refractivity (Wildman–Crippen MR) is 124 cm³/mol. The first-order chi connectivity index (χ1) is 15.9. The number of methoxy groups -OCH3 is 1. The van der Waals surface area contributed by atoms with Crippen molar-refractivity contribution < 1.29 is 23.9 Å². The van der Waals surface area contributed by atoms with E-state index in [1.807, 2.05) is 0 Å². The summed E-state index contributed by atoms with van der Waals surface area (Å²) in [5.41, 5.74) is 0.483. The molecule has 11 heteroatoms. The van der Waals surface area contributed by atoms with Gasteiger partial charge in [0, 0.05) is 39.8 Å². The van der Waals surface area contributed by atoms with Crippen molar-refractivity contribution in [1.82, 2.24) is 14.7 Å². The van der Waals surface area contributed by atoms with Crippen LogP contribution in [0.3, 0.4) is 0 Å². The number of thiophene rings is 1. The lowest BCUT2D eigenvalue weighted by atomic mass is 10.1. The fourth-order valence-corrected chi connectivity index (χ4v) is 4.82. The smallest absolute Gasteiger partial charge is 0.265 e. The van der Waals surface area contributed by atoms with E-state index < -0.39 is 17.7 Å². The van der Waals surface area contributed by atoms with Crippen molar-refractivity contribution in [3.8, 4) is 0 Å². The van der Waals surface area contributed by atoms with Gasteiger partial charge in [-0.3, -0.25) is 29.0 Å². The molecule has 4 amide bonds. The predicted octanol–water partition coefficient (Wildman–Crippen LogP) is 2.04. The molecule has 1 fully saturated rings. The second kappa shape index (κ2) is 10.0. The van der Waals surface area contributed by atoms with Crippen molar-refractivity contribution in [2.24, 2.45) is 0 Å². The van der Waals surface area contributed by atoms with Crippen LogP contribution in [-0.4, -0.2) is 91.3 Å². The Morgan fingerprint density at radius 2 is 1.85 bits per heavy atom. The van der Waals surface area contributed by atoms with Gasteiger partial charge in [0.2, 0.25) is 5.91 Å². The molecule has 4 rings (SSSR count). The summed E-state index contributed by atoms with van der Waals surface area (Å²) in [5.74, 6) is -1.85. The minimum absolute atomic E-state index is 0.0932. The Labute approximate surface area is 199 Å². The van der Waals surface area contributed by atoms with Crippen LogP contribution < -0.4 is 5.32 Å². The molecule has 0 aliphatic carbocycles. The highest BCUT2D eigenvalue weighted by Gasteiger charge is 2.39. The molecule has 0 atom stereocenters. The number of hydrogen-bond acceptors (Lipinski definition) is 7. The van der Waals surface area contributed by atoms with Crippen LogP contribution in [0.25, 0.3) is 0 Å². The summed E-state index contributed by atoms with van der Waals surface area (Å²) in [5, 5.41) is 2.68. The lowest BCUT2D eigenvalue weighted by molar-refractivity contribution is -0.133. The molecule has 2 aliphatic heterocycles. The maximum absolute atomic E-state index is 13.1. The molecule has 174 valence electrons. The van der Waals surface area contributed by atoms with Gasteiger partial charge in [0.15, 0.2) is 0 Å². The molecule has 1 aromatic carbocycles. The van der Waals surface area contributed by atoms with Crippen molar-refractivity contribution in [1.29, 1.82) is 0 Å². The maximum atomic E-state index is 13.1. The second-order valence-electron chi connectivity index (χ2n) is 7.70. The van der Waals surface area contributed by atoms with Crippen LogP contribution in [0.5, 0.6) is 0 Å². The fourth-order valence-electron chi connectivity index (χ4n) is 3.88. The summed E-state index contributed by atoms with van der Waals surface area (Å²) in [4.78, 5) is 56.5. The summed E-state index contributed by atoms with van der Waals surface area (Å²) in [6.07, 6.45) is 0. The topological polar surface area (TPSA) is 99.3 Å². The summed E-state index contributed by atoms with van der Waals surface area (Å²) in [6.45, 7) is 3.55. The first kappa shape index (κ1) is 23.4. The molecule has 0 radical (unpaired) electrons. The molecule has 1 N–H and O–H groups in total. The van der Waals surface area contributed by atoms with Crippen LogP contribution in [0.15, 0.2) is 30.3 Å². The van der Waals surface area contributed by atoms with Crippen molar-refractivity contribution in [2.75, 3.05) is 58.3 Å². The zero-order valence-electron chi connectivity index (χ0n) is 18.0. The van der Waals surface area contributed by atoms with Gasteiger partial charge in [-0.05, 0) is 24.3 Å². The van der Waals surface area contributed by atoms with Crippen molar-refractivity contribution in [2.45, 2.75) is 0 Å². The van der Waals surface area contributed by atoms with Gasteiger partial charge < -0.3 is 15.0 Å². The number of nitrogens with one attached hydrogen (secondary N) is 1. The van der Waals surface area contributed by atoms with Gasteiger partial charge in [-0.15, -0.1) is 11.3 Å². The number of rotatable bonds is 7. The second-order valence-corrected chi connectivity index (χ2v) is 9.41. The molecule has 9 nitrogen and oxygen atoms in total. The molecule has 2 aliphatic rings. The van der Waals surface area contributed by atoms with E-state index in [-0.39, 0.29) is 29.3 Å². The van der Waals surface area contributed by atoms with E-state index in [4.69, 9.17) is 16.3 Å². The highest BCUT2D eigenvalue weighted by Crippen LogP contribution is 2.30. The van der Waals surface area contributed by atoms with Crippen LogP contribution in [0, 0.1) is 0 Å². The molecular weight excluding hydrogens is 468 g/mol. The number of nitrogens with zero attached hydrogens (tertiary/aromatic N) is 3. The third kappa shape index (κ3) is 4.93. The van der Waals surface area contributed by atoms with Crippen molar-refractivity contribution >= 4 is 52.3 Å². The number of imide groups is 1. The average Bonchev–Trinajstić information content (AvgIpc) is 3.35. The molecule has 0 saturated carbocycles. The Morgan fingerprint density at radius 1 is 1.09 bits per heavy atom. The van der Waals surface area contributed by atoms with Gasteiger partial charge in [0.25, 0.3) is 17.7 Å². The lowest BCUT2D eigenvalue weighted by Gasteiger charge is -2.35. The zero-order valence-corrected chi connectivity index (χ0v) is 19.6. The molecule has 0 unspecified atom stereocenters. The molecule has 3 heterocycles. The standard InChI is InChI=1S/C22H23ClN4O5S/c1-32-12-11-25-7-9-26(10-8-25)18(28)13-27-21(30)14-3-2-4-15(19(14)22(27)31)24-20(29)16-5-6-17(23)33-16/h2-6H,7-13H2,1H3,(H,24,29). The molecule has 1 aromatic heterocycles. The summed E-state index contributed by atoms with van der Waals surface area (Å²) >= 11 is 7.00. The highest BCUT2D eigenvalue weighted by molar-refractivity contribution is 7.18. The van der Waals surface area contributed by atoms with Crippen LogP contribution >= 0.6 is 22.9 Å². The van der Waals surface area contributed by atoms with Crippen molar-refractivity contribution in [3.05, 3.63) is 50.7 Å². The van der Waals surface area contributed by atoms with Crippen LogP contribution in [0.1, 0.15) is 30.4 Å². The van der Waals surface area contributed by atoms with Crippen molar-refractivity contribution in [3.63, 3.8) is 0 Å². The quantitative estimate of drug-likeness (QED) is 0.596. The molecule has 2 aromatic rings. The SMILES string of the molecule is COCCN1CCN(C(=O)CN2C(=O)c3cccc(NC(=O)c4ccc(Cl)s4)c3C2=O)CC1. The van der Waals surface area contributed by atoms with E-state index in [0.717, 1.165) is 22.8 Å². The number of halogens is 1. The Balaban J connectivity index is 1.43. The van der Waals surface area contributed by atoms with E-state index in [1.54, 1.807) is 36.3 Å². The van der Waals surface area contributed by atoms with Crippen LogP contribution in [-0.2, 0) is 9.53 Å². The molecule has 33 heavy (non-hydrogen) atoms. The molecule has 0 spiro atoms. The Kier molecular flexibility index (Phi) is 7.08.